The average molecular weight is 1460 g/mol. The van der Waals surface area contributed by atoms with E-state index in [0.717, 1.165) is 33.6 Å². The van der Waals surface area contributed by atoms with Crippen molar-refractivity contribution in [3.8, 4) is 11.5 Å². The fraction of sp³-hybridized carbons (Fsp3) is 0.431. The molecule has 4 heterocycles. The highest BCUT2D eigenvalue weighted by Gasteiger charge is 2.37. The lowest BCUT2D eigenvalue weighted by Gasteiger charge is -2.26. The number of hydrogen-bond acceptors (Lipinski definition) is 21. The SMILES string of the molecule is Cc1cccc2c(OC(=O)N(CCOCCO)CCN(C)C(=O)OCc3ccc(NC(=O)[C@H](CCCNC(N)=O)CC(=O)[C@@H](NC(=O)OCCN4C(=O)C=CC4=O)C(C)C)cc3)cc3c(c12)[C@H](CCl)CN3C(=O)c1cc2cc(NC(=O)c3ccc(OCCOCCOCCOCCO)cc3)ncc2[nH]1. The van der Waals surface area contributed by atoms with Crippen LogP contribution in [0.25, 0.3) is 21.7 Å². The summed E-state index contributed by atoms with van der Waals surface area (Å²) in [7, 11) is 1.49. The lowest BCUT2D eigenvalue weighted by atomic mass is 9.89. The van der Waals surface area contributed by atoms with Gasteiger partial charge in [-0.25, -0.2) is 24.2 Å². The number of H-pyrrole nitrogens is 1. The van der Waals surface area contributed by atoms with Crippen LogP contribution in [0.1, 0.15) is 76.6 Å². The van der Waals surface area contributed by atoms with Crippen LogP contribution in [0.2, 0.25) is 0 Å². The van der Waals surface area contributed by atoms with E-state index >= 15 is 0 Å². The average Bonchev–Trinajstić information content (AvgIpc) is 1.58. The standard InChI is InChI=1S/C72H88ClN11O20/c1-45(2)65(80-70(94)102-28-24-83-61(88)18-19-62(83)89)58(87)38-49(8-6-20-75-69(74)93)67(91)77-52-14-10-47(11-15-52)44-103-71(95)81(4)21-22-82(23-27-97-29-25-85)72(96)104-59-40-57-64(63-46(3)7-5-9-54(59)63)51(41-73)43-84(57)68(92)55-37-50-39-60(76-42-56(50)78-55)79-66(90)48-12-16-53(17-13-48)101-36-35-100-34-33-99-32-31-98-30-26-86/h5,7,9-19,37,39-40,42,45,49,51,65,78,85-86H,6,8,20-36,38,41,43-44H2,1-4H3,(H,77,91)(H,80,94)(H3,74,75,93)(H,76,79,90)/t49-,51-,65+/m1/s1. The van der Waals surface area contributed by atoms with Gasteiger partial charge in [0, 0.05) is 104 Å². The highest BCUT2D eigenvalue weighted by atomic mass is 35.5. The number of benzene rings is 4. The number of nitrogens with zero attached hydrogens (tertiary/aromatic N) is 5. The number of aromatic amines is 1. The summed E-state index contributed by atoms with van der Waals surface area (Å²) in [6, 6.07) is 21.6. The van der Waals surface area contributed by atoms with Crippen LogP contribution in [-0.4, -0.2) is 232 Å². The van der Waals surface area contributed by atoms with Gasteiger partial charge in [0.25, 0.3) is 23.6 Å². The van der Waals surface area contributed by atoms with Crippen molar-refractivity contribution < 1.29 is 96.1 Å². The zero-order valence-electron chi connectivity index (χ0n) is 58.3. The van der Waals surface area contributed by atoms with Crippen LogP contribution in [0.4, 0.5) is 36.4 Å². The highest BCUT2D eigenvalue weighted by Crippen LogP contribution is 2.47. The lowest BCUT2D eigenvalue weighted by Crippen LogP contribution is -2.46. The van der Waals surface area contributed by atoms with Crippen LogP contribution in [0.15, 0.2) is 103 Å². The number of urea groups is 1. The Kier molecular flexibility index (Phi) is 30.5. The van der Waals surface area contributed by atoms with E-state index in [1.54, 1.807) is 85.5 Å². The maximum Gasteiger partial charge on any atom is 0.415 e. The van der Waals surface area contributed by atoms with Crippen molar-refractivity contribution in [3.05, 3.63) is 131 Å². The molecule has 32 heteroatoms. The lowest BCUT2D eigenvalue weighted by molar-refractivity contribution is -0.137. The quantitative estimate of drug-likeness (QED) is 0.0117. The van der Waals surface area contributed by atoms with E-state index in [9.17, 15) is 53.1 Å². The molecule has 6 aromatic rings. The van der Waals surface area contributed by atoms with Gasteiger partial charge in [0.05, 0.1) is 96.1 Å². The molecule has 2 aliphatic rings. The Hall–Kier alpha value is -10.3. The number of alkyl carbamates (subject to hydrolysis) is 1. The number of aromatic nitrogens is 2. The van der Waals surface area contributed by atoms with Crippen molar-refractivity contribution in [2.45, 2.75) is 58.6 Å². The van der Waals surface area contributed by atoms with Crippen LogP contribution in [0.3, 0.4) is 0 Å². The predicted molar refractivity (Wildman–Crippen MR) is 382 cm³/mol. The van der Waals surface area contributed by atoms with Gasteiger partial charge < -0.3 is 94.8 Å². The normalized spacial score (nSPS) is 13.8. The van der Waals surface area contributed by atoms with Crippen molar-refractivity contribution in [1.82, 2.24) is 35.3 Å². The first-order chi connectivity index (χ1) is 50.2. The molecular formula is C72H88ClN11O20. The number of anilines is 3. The number of ketones is 1. The van der Waals surface area contributed by atoms with E-state index in [1.165, 1.54) is 23.0 Å². The number of Topliss-reactive ketones (excluding diaryl/α,β-unsaturated/α-hetero) is 1. The number of nitrogens with two attached hydrogens (primary N) is 1. The summed E-state index contributed by atoms with van der Waals surface area (Å²) < 4.78 is 44.5. The minimum Gasteiger partial charge on any atom is -0.491 e. The first kappa shape index (κ1) is 79.4. The Labute approximate surface area is 604 Å². The van der Waals surface area contributed by atoms with Gasteiger partial charge in [0.15, 0.2) is 5.78 Å². The van der Waals surface area contributed by atoms with Gasteiger partial charge >= 0.3 is 24.3 Å². The molecule has 31 nitrogen and oxygen atoms in total. The van der Waals surface area contributed by atoms with E-state index in [0.29, 0.717) is 77.6 Å². The van der Waals surface area contributed by atoms with Gasteiger partial charge in [-0.2, -0.15) is 0 Å². The molecule has 0 spiro atoms. The van der Waals surface area contributed by atoms with Crippen LogP contribution in [0.5, 0.6) is 11.5 Å². The Bertz CT molecular complexity index is 3990. The number of rotatable bonds is 41. The number of ether oxygens (including phenoxy) is 8. The number of hydrogen-bond donors (Lipinski definition) is 8. The molecule has 558 valence electrons. The molecule has 2 aromatic heterocycles. The van der Waals surface area contributed by atoms with E-state index in [4.69, 9.17) is 60.3 Å². The molecule has 0 radical (unpaired) electrons. The summed E-state index contributed by atoms with van der Waals surface area (Å²) in [4.78, 5) is 144. The summed E-state index contributed by atoms with van der Waals surface area (Å²) in [6.07, 6.45) is 1.32. The largest absolute Gasteiger partial charge is 0.491 e. The van der Waals surface area contributed by atoms with Crippen LogP contribution in [0, 0.1) is 18.8 Å². The first-order valence-electron chi connectivity index (χ1n) is 33.9. The number of primary amides is 1. The molecule has 4 aromatic carbocycles. The van der Waals surface area contributed by atoms with E-state index < -0.39 is 77.5 Å². The third kappa shape index (κ3) is 22.9. The van der Waals surface area contributed by atoms with Gasteiger partial charge in [-0.1, -0.05) is 44.2 Å². The topological polar surface area (TPSA) is 401 Å². The second kappa shape index (κ2) is 40.0. The molecule has 8 rings (SSSR count). The molecule has 0 saturated heterocycles. The third-order valence-electron chi connectivity index (χ3n) is 16.8. The Morgan fingerprint density at radius 1 is 0.779 bits per heavy atom. The smallest absolute Gasteiger partial charge is 0.415 e. The minimum atomic E-state index is -1.08. The Balaban J connectivity index is 0.861. The molecule has 0 fully saturated rings. The van der Waals surface area contributed by atoms with E-state index in [-0.39, 0.29) is 140 Å². The molecule has 3 atom stereocenters. The van der Waals surface area contributed by atoms with Gasteiger partial charge in [-0.05, 0) is 96.3 Å². The van der Waals surface area contributed by atoms with Crippen molar-refractivity contribution in [2.24, 2.45) is 17.6 Å². The molecule has 104 heavy (non-hydrogen) atoms. The zero-order valence-corrected chi connectivity index (χ0v) is 59.1. The summed E-state index contributed by atoms with van der Waals surface area (Å²) in [5.41, 5.74) is 9.32. The Morgan fingerprint density at radius 2 is 1.46 bits per heavy atom. The fourth-order valence-corrected chi connectivity index (χ4v) is 11.7. The molecule has 9 N–H and O–H groups in total. The van der Waals surface area contributed by atoms with Crippen molar-refractivity contribution in [2.75, 3.05) is 147 Å². The van der Waals surface area contributed by atoms with Crippen LogP contribution >= 0.6 is 11.6 Å². The van der Waals surface area contributed by atoms with Gasteiger partial charge in [0.1, 0.15) is 42.8 Å². The second-order valence-electron chi connectivity index (χ2n) is 24.6. The van der Waals surface area contributed by atoms with Crippen LogP contribution < -0.4 is 41.4 Å². The maximum atomic E-state index is 14.8. The number of carbonyl (C=O) groups is 10. The molecule has 0 unspecified atom stereocenters. The second-order valence-corrected chi connectivity index (χ2v) is 24.9. The highest BCUT2D eigenvalue weighted by molar-refractivity contribution is 6.20. The molecule has 2 aliphatic heterocycles. The van der Waals surface area contributed by atoms with E-state index in [2.05, 4.69) is 31.2 Å². The molecule has 0 bridgehead atoms. The predicted octanol–water partition coefficient (Wildman–Crippen LogP) is 6.40. The van der Waals surface area contributed by atoms with Crippen molar-refractivity contribution in [1.29, 1.82) is 0 Å². The summed E-state index contributed by atoms with van der Waals surface area (Å²) in [5, 5.41) is 30.8. The summed E-state index contributed by atoms with van der Waals surface area (Å²) >= 11 is 6.69. The summed E-state index contributed by atoms with van der Waals surface area (Å²) in [6.45, 7) is 6.91. The zero-order chi connectivity index (χ0) is 74.7. The Morgan fingerprint density at radius 3 is 2.13 bits per heavy atom. The van der Waals surface area contributed by atoms with Gasteiger partial charge in [-0.15, -0.1) is 11.6 Å². The number of pyridine rings is 1. The number of carbonyl (C=O) groups excluding carboxylic acids is 10. The molecule has 0 aliphatic carbocycles. The maximum absolute atomic E-state index is 14.8. The minimum absolute atomic E-state index is 0.00108. The number of alkyl halides is 1. The number of aliphatic hydroxyl groups excluding tert-OH is 2. The van der Waals surface area contributed by atoms with E-state index in [1.807, 2.05) is 25.1 Å². The van der Waals surface area contributed by atoms with Gasteiger partial charge in [0.2, 0.25) is 5.91 Å². The van der Waals surface area contributed by atoms with Crippen molar-refractivity contribution in [3.63, 3.8) is 0 Å². The number of fused-ring (bicyclic) bond motifs is 4. The first-order valence-corrected chi connectivity index (χ1v) is 34.5. The van der Waals surface area contributed by atoms with Crippen molar-refractivity contribution >= 4 is 110 Å². The number of halogens is 1. The number of aliphatic hydroxyl groups is 2. The number of likely N-dealkylation sites (N-methyl/N-ethyl adjacent to an activating group) is 1. The molecule has 10 amide bonds. The number of amides is 10. The van der Waals surface area contributed by atoms with Gasteiger partial charge in [-0.3, -0.25) is 33.7 Å². The number of nitrogens with one attached hydrogen (secondary N) is 5. The molecular weight excluding hydrogens is 1370 g/mol. The monoisotopic (exact) mass is 1460 g/mol. The molecule has 0 saturated carbocycles. The van der Waals surface area contributed by atoms with Crippen LogP contribution in [-0.2, 0) is 54.2 Å². The fourth-order valence-electron chi connectivity index (χ4n) is 11.4. The summed E-state index contributed by atoms with van der Waals surface area (Å²) in [5.74, 6) is -3.53. The number of aryl methyl sites for hydroxylation is 1. The number of imide groups is 1. The third-order valence-corrected chi connectivity index (χ3v) is 17.2.